The normalized spacial score (nSPS) is 16.6. The number of halogens is 2. The lowest BCUT2D eigenvalue weighted by Gasteiger charge is -2.33. The maximum atomic E-state index is 13.1. The molecule has 0 fully saturated rings. The van der Waals surface area contributed by atoms with Crippen molar-refractivity contribution < 1.29 is 18.3 Å². The van der Waals surface area contributed by atoms with E-state index in [0.29, 0.717) is 6.92 Å². The summed E-state index contributed by atoms with van der Waals surface area (Å²) in [7, 11) is 1.05. The first-order valence-corrected chi connectivity index (χ1v) is 4.40. The van der Waals surface area contributed by atoms with Gasteiger partial charge in [0.1, 0.15) is 0 Å². The van der Waals surface area contributed by atoms with Crippen molar-refractivity contribution in [2.45, 2.75) is 38.7 Å². The fourth-order valence-electron chi connectivity index (χ4n) is 1.27. The predicted octanol–water partition coefficient (Wildman–Crippen LogP) is 1.56. The first kappa shape index (κ1) is 13.3. The lowest BCUT2D eigenvalue weighted by molar-refractivity contribution is -0.164. The SMILES string of the molecule is COC(=O)C(N)(CC(C)C)C(C)(F)F. The van der Waals surface area contributed by atoms with Crippen LogP contribution in [-0.4, -0.2) is 24.5 Å². The number of hydrogen-bond acceptors (Lipinski definition) is 3. The van der Waals surface area contributed by atoms with Gasteiger partial charge in [-0.25, -0.2) is 13.6 Å². The second-order valence-electron chi connectivity index (χ2n) is 3.95. The van der Waals surface area contributed by atoms with E-state index in [0.717, 1.165) is 7.11 Å². The Morgan fingerprint density at radius 1 is 1.50 bits per heavy atom. The van der Waals surface area contributed by atoms with Gasteiger partial charge >= 0.3 is 5.97 Å². The van der Waals surface area contributed by atoms with Gasteiger partial charge in [0.25, 0.3) is 5.92 Å². The summed E-state index contributed by atoms with van der Waals surface area (Å²) >= 11 is 0. The van der Waals surface area contributed by atoms with E-state index in [-0.39, 0.29) is 12.3 Å². The van der Waals surface area contributed by atoms with E-state index >= 15 is 0 Å². The summed E-state index contributed by atoms with van der Waals surface area (Å²) in [5.41, 5.74) is 3.18. The molecule has 5 heteroatoms. The lowest BCUT2D eigenvalue weighted by atomic mass is 9.84. The van der Waals surface area contributed by atoms with Crippen LogP contribution in [0.15, 0.2) is 0 Å². The Bertz CT molecular complexity index is 213. The monoisotopic (exact) mass is 209 g/mol. The molecule has 0 aromatic heterocycles. The van der Waals surface area contributed by atoms with Crippen LogP contribution in [0, 0.1) is 5.92 Å². The summed E-state index contributed by atoms with van der Waals surface area (Å²) < 4.78 is 30.6. The average molecular weight is 209 g/mol. The Hall–Kier alpha value is -0.710. The van der Waals surface area contributed by atoms with Gasteiger partial charge in [0, 0.05) is 6.92 Å². The Kier molecular flexibility index (Phi) is 4.00. The van der Waals surface area contributed by atoms with Gasteiger partial charge in [-0.3, -0.25) is 0 Å². The molecule has 0 rings (SSSR count). The molecule has 1 atom stereocenters. The Balaban J connectivity index is 4.96. The minimum Gasteiger partial charge on any atom is -0.467 e. The molecule has 84 valence electrons. The predicted molar refractivity (Wildman–Crippen MR) is 49.0 cm³/mol. The maximum absolute atomic E-state index is 13.1. The zero-order chi connectivity index (χ0) is 11.6. The van der Waals surface area contributed by atoms with Crippen LogP contribution >= 0.6 is 0 Å². The fourth-order valence-corrected chi connectivity index (χ4v) is 1.27. The third-order valence-electron chi connectivity index (χ3n) is 2.06. The van der Waals surface area contributed by atoms with Crippen LogP contribution in [0.1, 0.15) is 27.2 Å². The van der Waals surface area contributed by atoms with E-state index in [4.69, 9.17) is 5.73 Å². The molecule has 1 unspecified atom stereocenters. The number of nitrogens with two attached hydrogens (primary N) is 1. The number of carbonyl (C=O) groups is 1. The van der Waals surface area contributed by atoms with E-state index in [2.05, 4.69) is 4.74 Å². The smallest absolute Gasteiger partial charge is 0.332 e. The van der Waals surface area contributed by atoms with Crippen molar-refractivity contribution in [3.63, 3.8) is 0 Å². The van der Waals surface area contributed by atoms with Gasteiger partial charge in [0.15, 0.2) is 5.54 Å². The van der Waals surface area contributed by atoms with Gasteiger partial charge in [0.2, 0.25) is 0 Å². The van der Waals surface area contributed by atoms with Crippen molar-refractivity contribution in [2.24, 2.45) is 11.7 Å². The molecule has 0 radical (unpaired) electrons. The van der Waals surface area contributed by atoms with E-state index in [1.54, 1.807) is 13.8 Å². The van der Waals surface area contributed by atoms with Crippen molar-refractivity contribution in [1.82, 2.24) is 0 Å². The number of alkyl halides is 2. The number of carbonyl (C=O) groups excluding carboxylic acids is 1. The zero-order valence-electron chi connectivity index (χ0n) is 8.93. The average Bonchev–Trinajstić information content (AvgIpc) is 1.99. The fraction of sp³-hybridized carbons (Fsp3) is 0.889. The molecule has 14 heavy (non-hydrogen) atoms. The summed E-state index contributed by atoms with van der Waals surface area (Å²) in [5.74, 6) is -4.46. The lowest BCUT2D eigenvalue weighted by Crippen LogP contribution is -2.61. The van der Waals surface area contributed by atoms with Gasteiger partial charge in [-0.05, 0) is 12.3 Å². The molecule has 0 aliphatic heterocycles. The number of hydrogen-bond donors (Lipinski definition) is 1. The van der Waals surface area contributed by atoms with Crippen LogP contribution in [0.25, 0.3) is 0 Å². The third-order valence-corrected chi connectivity index (χ3v) is 2.06. The Labute approximate surface area is 82.6 Å². The summed E-state index contributed by atoms with van der Waals surface area (Å²) in [6.07, 6.45) is -0.108. The van der Waals surface area contributed by atoms with E-state index in [1.165, 1.54) is 0 Å². The van der Waals surface area contributed by atoms with Gasteiger partial charge in [-0.1, -0.05) is 13.8 Å². The molecule has 0 bridgehead atoms. The first-order valence-electron chi connectivity index (χ1n) is 4.40. The standard InChI is InChI=1S/C9H17F2NO2/c1-6(2)5-9(12,7(13)14-4)8(3,10)11/h6H,5,12H2,1-4H3. The number of esters is 1. The molecule has 3 nitrogen and oxygen atoms in total. The minimum atomic E-state index is -3.29. The molecule has 0 aromatic rings. The van der Waals surface area contributed by atoms with Gasteiger partial charge < -0.3 is 10.5 Å². The summed E-state index contributed by atoms with van der Waals surface area (Å²) in [4.78, 5) is 11.2. The largest absolute Gasteiger partial charge is 0.467 e. The Morgan fingerprint density at radius 2 is 1.93 bits per heavy atom. The summed E-state index contributed by atoms with van der Waals surface area (Å²) in [5, 5.41) is 0. The molecule has 0 aliphatic carbocycles. The first-order chi connectivity index (χ1) is 6.15. The van der Waals surface area contributed by atoms with Crippen LogP contribution in [0.4, 0.5) is 8.78 Å². The minimum absolute atomic E-state index is 0.107. The number of rotatable bonds is 4. The van der Waals surface area contributed by atoms with Gasteiger partial charge in [0.05, 0.1) is 7.11 Å². The molecule has 0 saturated carbocycles. The van der Waals surface area contributed by atoms with E-state index in [1.807, 2.05) is 0 Å². The molecular weight excluding hydrogens is 192 g/mol. The highest BCUT2D eigenvalue weighted by molar-refractivity contribution is 5.81. The van der Waals surface area contributed by atoms with Crippen LogP contribution < -0.4 is 5.73 Å². The molecule has 2 N–H and O–H groups in total. The van der Waals surface area contributed by atoms with E-state index < -0.39 is 17.4 Å². The van der Waals surface area contributed by atoms with Crippen molar-refractivity contribution in [1.29, 1.82) is 0 Å². The molecular formula is C9H17F2NO2. The second kappa shape index (κ2) is 4.21. The number of methoxy groups -OCH3 is 1. The molecule has 0 spiro atoms. The van der Waals surface area contributed by atoms with Crippen molar-refractivity contribution in [2.75, 3.05) is 7.11 Å². The highest BCUT2D eigenvalue weighted by atomic mass is 19.3. The molecule has 0 saturated heterocycles. The maximum Gasteiger partial charge on any atom is 0.332 e. The zero-order valence-corrected chi connectivity index (χ0v) is 8.93. The van der Waals surface area contributed by atoms with Crippen LogP contribution in [0.3, 0.4) is 0 Å². The molecule has 0 amide bonds. The summed E-state index contributed by atoms with van der Waals surface area (Å²) in [6.45, 7) is 4.07. The van der Waals surface area contributed by atoms with Crippen molar-refractivity contribution in [3.8, 4) is 0 Å². The van der Waals surface area contributed by atoms with Crippen molar-refractivity contribution in [3.05, 3.63) is 0 Å². The summed E-state index contributed by atoms with van der Waals surface area (Å²) in [6, 6.07) is 0. The second-order valence-corrected chi connectivity index (χ2v) is 3.95. The van der Waals surface area contributed by atoms with Gasteiger partial charge in [-0.2, -0.15) is 0 Å². The van der Waals surface area contributed by atoms with Crippen molar-refractivity contribution >= 4 is 5.97 Å². The molecule has 0 aliphatic rings. The van der Waals surface area contributed by atoms with Crippen LogP contribution in [-0.2, 0) is 9.53 Å². The highest BCUT2D eigenvalue weighted by Crippen LogP contribution is 2.32. The van der Waals surface area contributed by atoms with Gasteiger partial charge in [-0.15, -0.1) is 0 Å². The number of ether oxygens (including phenoxy) is 1. The highest BCUT2D eigenvalue weighted by Gasteiger charge is 2.54. The quantitative estimate of drug-likeness (QED) is 0.715. The Morgan fingerprint density at radius 3 is 2.14 bits per heavy atom. The topological polar surface area (TPSA) is 52.3 Å². The van der Waals surface area contributed by atoms with Crippen LogP contribution in [0.5, 0.6) is 0 Å². The van der Waals surface area contributed by atoms with Crippen LogP contribution in [0.2, 0.25) is 0 Å². The van der Waals surface area contributed by atoms with E-state index in [9.17, 15) is 13.6 Å². The third kappa shape index (κ3) is 2.64. The molecule has 0 heterocycles. The molecule has 0 aromatic carbocycles.